The van der Waals surface area contributed by atoms with E-state index in [4.69, 9.17) is 4.98 Å². The molecule has 2 aliphatic rings. The Labute approximate surface area is 262 Å². The summed E-state index contributed by atoms with van der Waals surface area (Å²) in [5.41, 5.74) is 5.14. The molecular weight excluding hydrogens is 562 g/mol. The van der Waals surface area contributed by atoms with Gasteiger partial charge in [-0.1, -0.05) is 36.4 Å². The van der Waals surface area contributed by atoms with Gasteiger partial charge in [0.2, 0.25) is 5.95 Å². The van der Waals surface area contributed by atoms with Crippen molar-refractivity contribution in [3.8, 4) is 11.1 Å². The van der Waals surface area contributed by atoms with Gasteiger partial charge in [0.15, 0.2) is 5.78 Å². The standard InChI is InChI=1S/C36H37N7O2/c1-23-9-5-6-10-27(23)29-21-24-22-38-35(39-25-13-15-26(16-14-25)42-19-17-37-18-20-42)40-33(24)43(34(29)45)32-31(44)28-11-7-8-12-30(28)41(4)36(32,2)3/h5-16,21-22,32,37H,17-20H2,1-4H3,(H,38,39,40). The van der Waals surface area contributed by atoms with Crippen molar-refractivity contribution in [1.29, 1.82) is 0 Å². The van der Waals surface area contributed by atoms with Crippen molar-refractivity contribution in [2.45, 2.75) is 32.4 Å². The van der Waals surface area contributed by atoms with Crippen LogP contribution in [-0.4, -0.2) is 59.1 Å². The van der Waals surface area contributed by atoms with Gasteiger partial charge < -0.3 is 20.4 Å². The molecule has 9 heteroatoms. The average Bonchev–Trinajstić information content (AvgIpc) is 3.06. The predicted molar refractivity (Wildman–Crippen MR) is 181 cm³/mol. The highest BCUT2D eigenvalue weighted by molar-refractivity contribution is 6.07. The first kappa shape index (κ1) is 28.7. The van der Waals surface area contributed by atoms with Gasteiger partial charge in [-0.05, 0) is 74.4 Å². The van der Waals surface area contributed by atoms with Crippen molar-refractivity contribution in [3.63, 3.8) is 0 Å². The molecule has 0 spiro atoms. The smallest absolute Gasteiger partial charge is 0.260 e. The summed E-state index contributed by atoms with van der Waals surface area (Å²) in [5, 5.41) is 7.39. The number of hydrogen-bond donors (Lipinski definition) is 2. The number of Topliss-reactive ketones (excluding diaryl/α,β-unsaturated/α-hetero) is 1. The molecule has 228 valence electrons. The molecule has 0 saturated carbocycles. The number of fused-ring (bicyclic) bond motifs is 2. The molecule has 9 nitrogen and oxygen atoms in total. The zero-order chi connectivity index (χ0) is 31.3. The molecule has 0 aliphatic carbocycles. The van der Waals surface area contributed by atoms with Gasteiger partial charge in [-0.3, -0.25) is 14.2 Å². The van der Waals surface area contributed by atoms with Crippen LogP contribution in [0.15, 0.2) is 89.9 Å². The number of nitrogens with one attached hydrogen (secondary N) is 2. The Bertz CT molecular complexity index is 1980. The van der Waals surface area contributed by atoms with Gasteiger partial charge in [0.1, 0.15) is 11.7 Å². The molecule has 1 unspecified atom stereocenters. The van der Waals surface area contributed by atoms with E-state index in [9.17, 15) is 9.59 Å². The molecule has 1 saturated heterocycles. The summed E-state index contributed by atoms with van der Waals surface area (Å²) in [6.07, 6.45) is 1.73. The molecular formula is C36H37N7O2. The average molecular weight is 600 g/mol. The Morgan fingerprint density at radius 2 is 1.58 bits per heavy atom. The molecule has 0 radical (unpaired) electrons. The van der Waals surface area contributed by atoms with E-state index in [-0.39, 0.29) is 11.3 Å². The number of rotatable bonds is 5. The highest BCUT2D eigenvalue weighted by Crippen LogP contribution is 2.42. The van der Waals surface area contributed by atoms with Crippen LogP contribution in [0.5, 0.6) is 0 Å². The highest BCUT2D eigenvalue weighted by Gasteiger charge is 2.47. The highest BCUT2D eigenvalue weighted by atomic mass is 16.1. The van der Waals surface area contributed by atoms with Crippen LogP contribution in [0.2, 0.25) is 0 Å². The SMILES string of the molecule is Cc1ccccc1-c1cc2cnc(Nc3ccc(N4CCNCC4)cc3)nc2n(C2C(=O)c3ccccc3N(C)C2(C)C)c1=O. The molecule has 3 aromatic carbocycles. The molecule has 5 aromatic rings. The lowest BCUT2D eigenvalue weighted by Crippen LogP contribution is -2.56. The first-order chi connectivity index (χ1) is 21.7. The van der Waals surface area contributed by atoms with Gasteiger partial charge in [-0.15, -0.1) is 0 Å². The minimum atomic E-state index is -0.836. The van der Waals surface area contributed by atoms with Crippen LogP contribution in [0, 0.1) is 6.92 Å². The third-order valence-corrected chi connectivity index (χ3v) is 9.39. The molecule has 45 heavy (non-hydrogen) atoms. The van der Waals surface area contributed by atoms with E-state index < -0.39 is 11.6 Å². The van der Waals surface area contributed by atoms with Crippen LogP contribution in [0.25, 0.3) is 22.2 Å². The predicted octanol–water partition coefficient (Wildman–Crippen LogP) is 5.57. The minimum Gasteiger partial charge on any atom is -0.369 e. The molecule has 2 N–H and O–H groups in total. The first-order valence-electron chi connectivity index (χ1n) is 15.4. The fourth-order valence-electron chi connectivity index (χ4n) is 6.67. The van der Waals surface area contributed by atoms with Crippen molar-refractivity contribution in [2.24, 2.45) is 0 Å². The number of nitrogens with zero attached hydrogens (tertiary/aromatic N) is 5. The normalized spacial score (nSPS) is 17.8. The number of carbonyl (C=O) groups excluding carboxylic acids is 1. The van der Waals surface area contributed by atoms with Gasteiger partial charge in [0.05, 0.1) is 5.54 Å². The van der Waals surface area contributed by atoms with E-state index in [1.54, 1.807) is 10.8 Å². The molecule has 1 fully saturated rings. The van der Waals surface area contributed by atoms with Crippen LogP contribution in [-0.2, 0) is 0 Å². The summed E-state index contributed by atoms with van der Waals surface area (Å²) in [6, 6.07) is 24.6. The second kappa shape index (κ2) is 11.2. The number of carbonyl (C=O) groups is 1. The second-order valence-corrected chi connectivity index (χ2v) is 12.4. The van der Waals surface area contributed by atoms with E-state index in [0.717, 1.165) is 48.7 Å². The number of aromatic nitrogens is 3. The summed E-state index contributed by atoms with van der Waals surface area (Å²) in [7, 11) is 1.97. The van der Waals surface area contributed by atoms with Crippen molar-refractivity contribution in [3.05, 3.63) is 107 Å². The van der Waals surface area contributed by atoms with E-state index in [0.29, 0.717) is 28.1 Å². The molecule has 2 aromatic heterocycles. The fraction of sp³-hybridized carbons (Fsp3) is 0.278. The number of anilines is 4. The second-order valence-electron chi connectivity index (χ2n) is 12.4. The lowest BCUT2D eigenvalue weighted by Gasteiger charge is -2.47. The molecule has 7 rings (SSSR count). The number of benzene rings is 3. The number of ketones is 1. The first-order valence-corrected chi connectivity index (χ1v) is 15.4. The van der Waals surface area contributed by atoms with Gasteiger partial charge >= 0.3 is 0 Å². The maximum absolute atomic E-state index is 14.6. The maximum atomic E-state index is 14.6. The Hall–Kier alpha value is -5.02. The van der Waals surface area contributed by atoms with E-state index >= 15 is 0 Å². The van der Waals surface area contributed by atoms with Crippen LogP contribution in [0.4, 0.5) is 23.0 Å². The fourth-order valence-corrected chi connectivity index (χ4v) is 6.67. The van der Waals surface area contributed by atoms with Crippen LogP contribution in [0.1, 0.15) is 35.8 Å². The van der Waals surface area contributed by atoms with Crippen LogP contribution in [0.3, 0.4) is 0 Å². The summed E-state index contributed by atoms with van der Waals surface area (Å²) < 4.78 is 1.60. The lowest BCUT2D eigenvalue weighted by atomic mass is 9.81. The topological polar surface area (TPSA) is 95.4 Å². The summed E-state index contributed by atoms with van der Waals surface area (Å²) in [5.74, 6) is 0.236. The number of hydrogen-bond acceptors (Lipinski definition) is 8. The summed E-state index contributed by atoms with van der Waals surface area (Å²) >= 11 is 0. The van der Waals surface area contributed by atoms with Crippen molar-refractivity contribution in [2.75, 3.05) is 48.3 Å². The number of para-hydroxylation sites is 1. The molecule has 4 heterocycles. The third-order valence-electron chi connectivity index (χ3n) is 9.39. The van der Waals surface area contributed by atoms with Crippen molar-refractivity contribution in [1.82, 2.24) is 19.9 Å². The summed E-state index contributed by atoms with van der Waals surface area (Å²) in [4.78, 5) is 43.0. The van der Waals surface area contributed by atoms with E-state index in [1.807, 2.05) is 94.5 Å². The quantitative estimate of drug-likeness (QED) is 0.271. The molecule has 2 aliphatic heterocycles. The Balaban J connectivity index is 1.37. The van der Waals surface area contributed by atoms with Crippen molar-refractivity contribution < 1.29 is 4.79 Å². The number of piperazine rings is 1. The van der Waals surface area contributed by atoms with E-state index in [1.165, 1.54) is 5.69 Å². The zero-order valence-corrected chi connectivity index (χ0v) is 26.0. The molecule has 1 atom stereocenters. The van der Waals surface area contributed by atoms with Gasteiger partial charge in [0, 0.05) is 73.0 Å². The lowest BCUT2D eigenvalue weighted by molar-refractivity contribution is 0.0859. The molecule has 0 bridgehead atoms. The zero-order valence-electron chi connectivity index (χ0n) is 26.0. The van der Waals surface area contributed by atoms with Gasteiger partial charge in [-0.2, -0.15) is 4.98 Å². The van der Waals surface area contributed by atoms with Crippen LogP contribution < -0.4 is 26.0 Å². The van der Waals surface area contributed by atoms with Gasteiger partial charge in [0.25, 0.3) is 5.56 Å². The number of aryl methyl sites for hydroxylation is 1. The number of likely N-dealkylation sites (N-methyl/N-ethyl adjacent to an activating group) is 1. The number of pyridine rings is 1. The molecule has 0 amide bonds. The largest absolute Gasteiger partial charge is 0.369 e. The Kier molecular flexibility index (Phi) is 7.13. The Morgan fingerprint density at radius 3 is 2.31 bits per heavy atom. The summed E-state index contributed by atoms with van der Waals surface area (Å²) in [6.45, 7) is 9.88. The van der Waals surface area contributed by atoms with Crippen LogP contribution >= 0.6 is 0 Å². The monoisotopic (exact) mass is 599 g/mol. The maximum Gasteiger partial charge on any atom is 0.260 e. The van der Waals surface area contributed by atoms with E-state index in [2.05, 4.69) is 37.6 Å². The van der Waals surface area contributed by atoms with Crippen molar-refractivity contribution >= 4 is 39.8 Å². The van der Waals surface area contributed by atoms with Gasteiger partial charge in [-0.25, -0.2) is 4.98 Å². The minimum absolute atomic E-state index is 0.115. The Morgan fingerprint density at radius 1 is 0.889 bits per heavy atom. The third kappa shape index (κ3) is 4.93.